The first-order valence-corrected chi connectivity index (χ1v) is 17.5. The molecule has 1 unspecified atom stereocenters. The largest absolute Gasteiger partial charge is 0.369 e. The molecule has 0 saturated heterocycles. The van der Waals surface area contributed by atoms with E-state index in [9.17, 15) is 9.90 Å². The van der Waals surface area contributed by atoms with E-state index in [0.717, 1.165) is 44.2 Å². The number of hydrogen-bond acceptors (Lipinski definition) is 2. The molecule has 0 aliphatic carbocycles. The standard InChI is InChI=1S/C46H35N3O2/c1-46(2,3)30-20-23-31(24-21-30)48-44(50)36-15-10-18-39(42(36)45(48)51)49-38-17-9-7-14-35(38)41-40(49)26-25-34-33-13-6-8-16-37(33)47(43(34)41)32-22-19-28-11-4-5-12-29(28)27-32/h4-27,45,51H,1-3H3. The third-order valence-corrected chi connectivity index (χ3v) is 10.7. The van der Waals surface area contributed by atoms with Crippen LogP contribution in [0.5, 0.6) is 0 Å². The number of carbonyl (C=O) groups excluding carboxylic acids is 1. The Balaban J connectivity index is 1.24. The number of fused-ring (bicyclic) bond motifs is 9. The number of amides is 1. The van der Waals surface area contributed by atoms with Crippen molar-refractivity contribution in [3.05, 3.63) is 162 Å². The average molecular weight is 662 g/mol. The first-order valence-electron chi connectivity index (χ1n) is 17.5. The van der Waals surface area contributed by atoms with Gasteiger partial charge < -0.3 is 14.2 Å². The normalized spacial score (nSPS) is 14.9. The summed E-state index contributed by atoms with van der Waals surface area (Å²) in [5, 5.41) is 19.0. The molecule has 0 bridgehead atoms. The molecule has 0 fully saturated rings. The van der Waals surface area contributed by atoms with Gasteiger partial charge in [0.25, 0.3) is 5.91 Å². The van der Waals surface area contributed by atoms with Crippen LogP contribution in [0.25, 0.3) is 65.8 Å². The van der Waals surface area contributed by atoms with Crippen LogP contribution in [0.15, 0.2) is 146 Å². The van der Waals surface area contributed by atoms with E-state index in [0.29, 0.717) is 16.8 Å². The lowest BCUT2D eigenvalue weighted by atomic mass is 9.87. The van der Waals surface area contributed by atoms with Crippen LogP contribution in [0.4, 0.5) is 5.69 Å². The van der Waals surface area contributed by atoms with Gasteiger partial charge in [-0.3, -0.25) is 9.69 Å². The second kappa shape index (κ2) is 10.7. The van der Waals surface area contributed by atoms with Crippen LogP contribution >= 0.6 is 0 Å². The van der Waals surface area contributed by atoms with Gasteiger partial charge in [0, 0.05) is 44.0 Å². The first kappa shape index (κ1) is 29.7. The Morgan fingerprint density at radius 2 is 1.24 bits per heavy atom. The quantitative estimate of drug-likeness (QED) is 0.205. The number of rotatable bonds is 3. The maximum absolute atomic E-state index is 14.1. The van der Waals surface area contributed by atoms with Crippen LogP contribution < -0.4 is 4.90 Å². The Hall–Kier alpha value is -6.17. The molecule has 1 N–H and O–H groups in total. The van der Waals surface area contributed by atoms with Crippen molar-refractivity contribution in [1.29, 1.82) is 0 Å². The van der Waals surface area contributed by atoms with Crippen LogP contribution in [0, 0.1) is 0 Å². The molecule has 3 heterocycles. The number of carbonyl (C=O) groups is 1. The van der Waals surface area contributed by atoms with Crippen LogP contribution in [0.3, 0.4) is 0 Å². The van der Waals surface area contributed by atoms with E-state index in [-0.39, 0.29) is 11.3 Å². The summed E-state index contributed by atoms with van der Waals surface area (Å²) in [5.74, 6) is -0.206. The van der Waals surface area contributed by atoms with E-state index in [1.54, 1.807) is 0 Å². The molecule has 9 aromatic rings. The Labute approximate surface area is 295 Å². The summed E-state index contributed by atoms with van der Waals surface area (Å²) >= 11 is 0. The van der Waals surface area contributed by atoms with Gasteiger partial charge in [0.1, 0.15) is 0 Å². The van der Waals surface area contributed by atoms with Gasteiger partial charge >= 0.3 is 0 Å². The van der Waals surface area contributed by atoms with Gasteiger partial charge in [0.2, 0.25) is 0 Å². The van der Waals surface area contributed by atoms with Crippen LogP contribution in [0.2, 0.25) is 0 Å². The molecule has 5 heteroatoms. The summed E-state index contributed by atoms with van der Waals surface area (Å²) in [6.07, 6.45) is -1.15. The number of nitrogens with zero attached hydrogens (tertiary/aromatic N) is 3. The second-order valence-electron chi connectivity index (χ2n) is 14.7. The molecule has 5 nitrogen and oxygen atoms in total. The molecule has 51 heavy (non-hydrogen) atoms. The molecular weight excluding hydrogens is 627 g/mol. The van der Waals surface area contributed by atoms with E-state index < -0.39 is 6.23 Å². The highest BCUT2D eigenvalue weighted by molar-refractivity contribution is 6.26. The zero-order chi connectivity index (χ0) is 34.6. The Morgan fingerprint density at radius 1 is 0.569 bits per heavy atom. The number of aliphatic hydroxyl groups excluding tert-OH is 1. The highest BCUT2D eigenvalue weighted by atomic mass is 16.3. The fraction of sp³-hybridized carbons (Fsp3) is 0.109. The number of para-hydroxylation sites is 2. The number of benzene rings is 7. The monoisotopic (exact) mass is 661 g/mol. The predicted molar refractivity (Wildman–Crippen MR) is 210 cm³/mol. The topological polar surface area (TPSA) is 50.4 Å². The highest BCUT2D eigenvalue weighted by Crippen LogP contribution is 2.45. The zero-order valence-corrected chi connectivity index (χ0v) is 28.6. The molecule has 2 aromatic heterocycles. The molecule has 0 spiro atoms. The molecule has 1 aliphatic heterocycles. The van der Waals surface area contributed by atoms with Gasteiger partial charge in [0.15, 0.2) is 6.23 Å². The smallest absolute Gasteiger partial charge is 0.261 e. The first-order chi connectivity index (χ1) is 24.8. The van der Waals surface area contributed by atoms with E-state index in [1.165, 1.54) is 32.0 Å². The predicted octanol–water partition coefficient (Wildman–Crippen LogP) is 11.0. The van der Waals surface area contributed by atoms with Gasteiger partial charge in [-0.2, -0.15) is 0 Å². The Kier molecular flexibility index (Phi) is 6.21. The van der Waals surface area contributed by atoms with Crippen molar-refractivity contribution in [3.8, 4) is 11.4 Å². The second-order valence-corrected chi connectivity index (χ2v) is 14.7. The highest BCUT2D eigenvalue weighted by Gasteiger charge is 2.39. The Morgan fingerprint density at radius 3 is 2.00 bits per heavy atom. The van der Waals surface area contributed by atoms with E-state index in [4.69, 9.17) is 0 Å². The maximum Gasteiger partial charge on any atom is 0.261 e. The van der Waals surface area contributed by atoms with Crippen molar-refractivity contribution in [3.63, 3.8) is 0 Å². The summed E-state index contributed by atoms with van der Waals surface area (Å²) < 4.78 is 4.63. The van der Waals surface area contributed by atoms with Gasteiger partial charge in [-0.15, -0.1) is 0 Å². The maximum atomic E-state index is 14.1. The van der Waals surface area contributed by atoms with Crippen molar-refractivity contribution in [2.75, 3.05) is 4.90 Å². The van der Waals surface area contributed by atoms with Crippen LogP contribution in [-0.4, -0.2) is 20.1 Å². The van der Waals surface area contributed by atoms with Gasteiger partial charge in [-0.25, -0.2) is 0 Å². The van der Waals surface area contributed by atoms with Crippen molar-refractivity contribution in [2.24, 2.45) is 0 Å². The molecule has 1 atom stereocenters. The van der Waals surface area contributed by atoms with E-state index in [1.807, 2.05) is 42.5 Å². The van der Waals surface area contributed by atoms with Gasteiger partial charge in [-0.05, 0) is 76.3 Å². The van der Waals surface area contributed by atoms with E-state index >= 15 is 0 Å². The molecule has 1 amide bonds. The average Bonchev–Trinajstić information content (AvgIpc) is 3.76. The lowest BCUT2D eigenvalue weighted by Crippen LogP contribution is -2.27. The number of aliphatic hydroxyl groups is 1. The van der Waals surface area contributed by atoms with Crippen LogP contribution in [0.1, 0.15) is 48.5 Å². The SMILES string of the molecule is CC(C)(C)c1ccc(N2C(=O)c3cccc(-n4c5ccccc5c5c4ccc4c6ccccc6n(-c6ccc7ccccc7c6)c45)c3C2O)cc1. The van der Waals surface area contributed by atoms with Crippen molar-refractivity contribution < 1.29 is 9.90 Å². The Bertz CT molecular complexity index is 2890. The molecule has 7 aromatic carbocycles. The van der Waals surface area contributed by atoms with Crippen molar-refractivity contribution in [2.45, 2.75) is 32.4 Å². The number of hydrogen-bond donors (Lipinski definition) is 1. The minimum Gasteiger partial charge on any atom is -0.369 e. The summed E-state index contributed by atoms with van der Waals surface area (Å²) in [4.78, 5) is 15.6. The van der Waals surface area contributed by atoms with Gasteiger partial charge in [-0.1, -0.05) is 112 Å². The minimum absolute atomic E-state index is 0.0236. The zero-order valence-electron chi connectivity index (χ0n) is 28.6. The summed E-state index contributed by atoms with van der Waals surface area (Å²) in [7, 11) is 0. The molecular formula is C46H35N3O2. The number of aromatic nitrogens is 2. The number of anilines is 1. The van der Waals surface area contributed by atoms with Crippen molar-refractivity contribution >= 4 is 66.0 Å². The lowest BCUT2D eigenvalue weighted by molar-refractivity contribution is 0.0935. The van der Waals surface area contributed by atoms with Gasteiger partial charge in [0.05, 0.1) is 27.8 Å². The third-order valence-electron chi connectivity index (χ3n) is 10.7. The molecule has 0 radical (unpaired) electrons. The molecule has 246 valence electrons. The minimum atomic E-state index is -1.15. The van der Waals surface area contributed by atoms with Crippen molar-refractivity contribution in [1.82, 2.24) is 9.13 Å². The molecule has 0 saturated carbocycles. The molecule has 10 rings (SSSR count). The van der Waals surface area contributed by atoms with Crippen LogP contribution in [-0.2, 0) is 5.41 Å². The summed E-state index contributed by atoms with van der Waals surface area (Å²) in [6.45, 7) is 6.50. The molecule has 1 aliphatic rings. The summed E-state index contributed by atoms with van der Waals surface area (Å²) in [5.41, 5.74) is 9.12. The van der Waals surface area contributed by atoms with E-state index in [2.05, 4.69) is 133 Å². The fourth-order valence-electron chi connectivity index (χ4n) is 8.31. The third kappa shape index (κ3) is 4.22. The lowest BCUT2D eigenvalue weighted by Gasteiger charge is -2.24. The summed E-state index contributed by atoms with van der Waals surface area (Å²) in [6, 6.07) is 50.4. The fourth-order valence-corrected chi connectivity index (χ4v) is 8.31.